The summed E-state index contributed by atoms with van der Waals surface area (Å²) in [6.07, 6.45) is 0.813. The molecule has 0 bridgehead atoms. The molecule has 0 saturated carbocycles. The Labute approximate surface area is 119 Å². The van der Waals surface area contributed by atoms with Gasteiger partial charge in [0.05, 0.1) is 11.4 Å². The van der Waals surface area contributed by atoms with Crippen molar-refractivity contribution in [3.05, 3.63) is 45.9 Å². The quantitative estimate of drug-likeness (QED) is 0.931. The molecular weight excluding hydrogens is 250 g/mol. The second-order valence-electron chi connectivity index (χ2n) is 5.63. The predicted molar refractivity (Wildman–Crippen MR) is 83.4 cm³/mol. The maximum Gasteiger partial charge on any atom is 0.294 e. The lowest BCUT2D eigenvalue weighted by atomic mass is 10.1. The highest BCUT2D eigenvalue weighted by atomic mass is 16.1. The zero-order valence-electron chi connectivity index (χ0n) is 12.7. The first-order valence-corrected chi connectivity index (χ1v) is 7.12. The van der Waals surface area contributed by atoms with Crippen LogP contribution in [0.3, 0.4) is 0 Å². The smallest absolute Gasteiger partial charge is 0.294 e. The van der Waals surface area contributed by atoms with Gasteiger partial charge >= 0.3 is 0 Å². The van der Waals surface area contributed by atoms with E-state index < -0.39 is 0 Å². The molecule has 0 fully saturated rings. The molecule has 20 heavy (non-hydrogen) atoms. The van der Waals surface area contributed by atoms with Gasteiger partial charge < -0.3 is 5.73 Å². The standard InChI is InChI=1S/C16H23N3O/c1-5-18-14(9-11(2)3)15(17)16(20)19(18)13-8-6-7-12(4)10-13/h6-8,10-11H,5,9,17H2,1-4H3. The van der Waals surface area contributed by atoms with Crippen molar-refractivity contribution in [2.45, 2.75) is 40.7 Å². The van der Waals surface area contributed by atoms with Crippen LogP contribution in [0.5, 0.6) is 0 Å². The van der Waals surface area contributed by atoms with Crippen molar-refractivity contribution in [1.29, 1.82) is 0 Å². The normalized spacial score (nSPS) is 11.2. The van der Waals surface area contributed by atoms with Crippen molar-refractivity contribution in [1.82, 2.24) is 9.36 Å². The van der Waals surface area contributed by atoms with Crippen LogP contribution in [0.1, 0.15) is 32.0 Å². The zero-order chi connectivity index (χ0) is 14.9. The van der Waals surface area contributed by atoms with E-state index in [2.05, 4.69) is 13.8 Å². The average Bonchev–Trinajstić information content (AvgIpc) is 2.62. The molecule has 0 radical (unpaired) electrons. The number of nitrogens with two attached hydrogens (primary N) is 1. The zero-order valence-corrected chi connectivity index (χ0v) is 12.7. The highest BCUT2D eigenvalue weighted by Crippen LogP contribution is 2.18. The molecule has 0 aliphatic carbocycles. The van der Waals surface area contributed by atoms with E-state index in [0.717, 1.165) is 29.9 Å². The Kier molecular flexibility index (Phi) is 4.02. The van der Waals surface area contributed by atoms with E-state index in [1.807, 2.05) is 42.8 Å². The molecule has 0 aliphatic rings. The van der Waals surface area contributed by atoms with Crippen molar-refractivity contribution in [2.24, 2.45) is 5.92 Å². The van der Waals surface area contributed by atoms with Crippen molar-refractivity contribution in [3.8, 4) is 5.69 Å². The third-order valence-electron chi connectivity index (χ3n) is 3.43. The van der Waals surface area contributed by atoms with Gasteiger partial charge in [0.15, 0.2) is 0 Å². The minimum atomic E-state index is -0.117. The lowest BCUT2D eigenvalue weighted by Gasteiger charge is -2.14. The van der Waals surface area contributed by atoms with E-state index in [9.17, 15) is 4.79 Å². The summed E-state index contributed by atoms with van der Waals surface area (Å²) in [5.41, 5.74) is 9.25. The van der Waals surface area contributed by atoms with Crippen LogP contribution in [0.15, 0.2) is 29.1 Å². The highest BCUT2D eigenvalue weighted by molar-refractivity contribution is 5.46. The number of anilines is 1. The Morgan fingerprint density at radius 2 is 2.00 bits per heavy atom. The van der Waals surface area contributed by atoms with Gasteiger partial charge in [-0.25, -0.2) is 4.68 Å². The number of nitrogens with zero attached hydrogens (tertiary/aromatic N) is 2. The van der Waals surface area contributed by atoms with Crippen LogP contribution in [-0.4, -0.2) is 9.36 Å². The Morgan fingerprint density at radius 3 is 2.55 bits per heavy atom. The third-order valence-corrected chi connectivity index (χ3v) is 3.43. The predicted octanol–water partition coefficient (Wildman–Crippen LogP) is 2.75. The summed E-state index contributed by atoms with van der Waals surface area (Å²) < 4.78 is 3.69. The Bertz CT molecular complexity index is 665. The minimum absolute atomic E-state index is 0.117. The van der Waals surface area contributed by atoms with E-state index in [4.69, 9.17) is 5.73 Å². The number of hydrogen-bond acceptors (Lipinski definition) is 2. The van der Waals surface area contributed by atoms with Gasteiger partial charge in [-0.3, -0.25) is 9.48 Å². The summed E-state index contributed by atoms with van der Waals surface area (Å²) in [4.78, 5) is 12.5. The summed E-state index contributed by atoms with van der Waals surface area (Å²) in [7, 11) is 0. The average molecular weight is 273 g/mol. The van der Waals surface area contributed by atoms with Gasteiger partial charge in [-0.15, -0.1) is 0 Å². The van der Waals surface area contributed by atoms with Crippen molar-refractivity contribution in [3.63, 3.8) is 0 Å². The van der Waals surface area contributed by atoms with Crippen LogP contribution in [0.25, 0.3) is 5.69 Å². The summed E-state index contributed by atoms with van der Waals surface area (Å²) in [5, 5.41) is 0. The molecule has 0 atom stereocenters. The van der Waals surface area contributed by atoms with Gasteiger partial charge in [-0.05, 0) is 43.9 Å². The molecule has 0 spiro atoms. The van der Waals surface area contributed by atoms with Crippen LogP contribution >= 0.6 is 0 Å². The molecule has 1 aromatic heterocycles. The summed E-state index contributed by atoms with van der Waals surface area (Å²) in [5.74, 6) is 0.461. The molecule has 4 nitrogen and oxygen atoms in total. The maximum atomic E-state index is 12.5. The van der Waals surface area contributed by atoms with Gasteiger partial charge in [0, 0.05) is 6.54 Å². The number of nitrogen functional groups attached to an aromatic ring is 1. The van der Waals surface area contributed by atoms with Gasteiger partial charge in [-0.2, -0.15) is 0 Å². The first kappa shape index (κ1) is 14.4. The lowest BCUT2D eigenvalue weighted by molar-refractivity contribution is 0.519. The highest BCUT2D eigenvalue weighted by Gasteiger charge is 2.18. The SMILES string of the molecule is CCn1c(CC(C)C)c(N)c(=O)n1-c1cccc(C)c1. The fourth-order valence-electron chi connectivity index (χ4n) is 2.56. The van der Waals surface area contributed by atoms with Gasteiger partial charge in [0.2, 0.25) is 0 Å². The molecule has 2 rings (SSSR count). The molecule has 2 N–H and O–H groups in total. The molecule has 0 amide bonds. The van der Waals surface area contributed by atoms with Gasteiger partial charge in [-0.1, -0.05) is 26.0 Å². The van der Waals surface area contributed by atoms with Crippen LogP contribution in [-0.2, 0) is 13.0 Å². The molecule has 0 aliphatic heterocycles. The molecule has 1 aromatic carbocycles. The number of benzene rings is 1. The summed E-state index contributed by atoms with van der Waals surface area (Å²) >= 11 is 0. The minimum Gasteiger partial charge on any atom is -0.393 e. The molecule has 108 valence electrons. The first-order chi connectivity index (χ1) is 9.45. The second kappa shape index (κ2) is 5.57. The van der Waals surface area contributed by atoms with Crippen LogP contribution in [0.4, 0.5) is 5.69 Å². The van der Waals surface area contributed by atoms with E-state index in [0.29, 0.717) is 11.6 Å². The third kappa shape index (κ3) is 2.50. The summed E-state index contributed by atoms with van der Waals surface area (Å²) in [6.45, 7) is 9.05. The number of hydrogen-bond donors (Lipinski definition) is 1. The molecule has 0 unspecified atom stereocenters. The second-order valence-corrected chi connectivity index (χ2v) is 5.63. The van der Waals surface area contributed by atoms with E-state index in [1.165, 1.54) is 0 Å². The molecule has 4 heteroatoms. The fourth-order valence-corrected chi connectivity index (χ4v) is 2.56. The molecule has 0 saturated heterocycles. The number of aryl methyl sites for hydroxylation is 1. The van der Waals surface area contributed by atoms with E-state index in [-0.39, 0.29) is 5.56 Å². The molecular formula is C16H23N3O. The first-order valence-electron chi connectivity index (χ1n) is 7.12. The van der Waals surface area contributed by atoms with Crippen molar-refractivity contribution < 1.29 is 0 Å². The van der Waals surface area contributed by atoms with Crippen LogP contribution in [0.2, 0.25) is 0 Å². The lowest BCUT2D eigenvalue weighted by Crippen LogP contribution is -2.22. The van der Waals surface area contributed by atoms with Gasteiger partial charge in [0.25, 0.3) is 5.56 Å². The maximum absolute atomic E-state index is 12.5. The number of aromatic nitrogens is 2. The monoisotopic (exact) mass is 273 g/mol. The van der Waals surface area contributed by atoms with E-state index in [1.54, 1.807) is 4.68 Å². The Balaban J connectivity index is 2.67. The fraction of sp³-hybridized carbons (Fsp3) is 0.438. The molecule has 2 aromatic rings. The van der Waals surface area contributed by atoms with Crippen LogP contribution < -0.4 is 11.3 Å². The Hall–Kier alpha value is -1.97. The molecule has 1 heterocycles. The summed E-state index contributed by atoms with van der Waals surface area (Å²) in [6, 6.07) is 7.93. The topological polar surface area (TPSA) is 52.9 Å². The largest absolute Gasteiger partial charge is 0.393 e. The van der Waals surface area contributed by atoms with E-state index >= 15 is 0 Å². The van der Waals surface area contributed by atoms with Crippen molar-refractivity contribution in [2.75, 3.05) is 5.73 Å². The Morgan fingerprint density at radius 1 is 1.30 bits per heavy atom. The number of rotatable bonds is 4. The van der Waals surface area contributed by atoms with Gasteiger partial charge in [0.1, 0.15) is 5.69 Å². The van der Waals surface area contributed by atoms with Crippen LogP contribution in [0, 0.1) is 12.8 Å². The van der Waals surface area contributed by atoms with Crippen molar-refractivity contribution >= 4 is 5.69 Å².